The van der Waals surface area contributed by atoms with Crippen molar-refractivity contribution in [1.29, 1.82) is 0 Å². The fourth-order valence-electron chi connectivity index (χ4n) is 3.84. The maximum Gasteiger partial charge on any atom is 0.279 e. The lowest BCUT2D eigenvalue weighted by Gasteiger charge is -2.17. The van der Waals surface area contributed by atoms with Crippen LogP contribution < -0.4 is 10.9 Å². The van der Waals surface area contributed by atoms with E-state index < -0.39 is 0 Å². The zero-order valence-electron chi connectivity index (χ0n) is 16.4. The number of thiophene rings is 1. The molecule has 1 unspecified atom stereocenters. The molecule has 2 aromatic heterocycles. The molecule has 0 fully saturated rings. The molecule has 146 valence electrons. The van der Waals surface area contributed by atoms with Crippen molar-refractivity contribution < 1.29 is 4.79 Å². The van der Waals surface area contributed by atoms with Gasteiger partial charge in [0.1, 0.15) is 6.54 Å². The number of fused-ring (bicyclic) bond motifs is 3. The molecule has 1 aliphatic rings. The van der Waals surface area contributed by atoms with Crippen LogP contribution >= 0.6 is 11.3 Å². The van der Waals surface area contributed by atoms with Crippen molar-refractivity contribution in [2.45, 2.75) is 52.5 Å². The molecule has 0 saturated heterocycles. The summed E-state index contributed by atoms with van der Waals surface area (Å²) in [5.41, 5.74) is 2.72. The molecule has 7 heteroatoms. The summed E-state index contributed by atoms with van der Waals surface area (Å²) in [5.74, 6) is 0.638. The van der Waals surface area contributed by atoms with Gasteiger partial charge >= 0.3 is 0 Å². The molecular weight excluding hydrogens is 372 g/mol. The monoisotopic (exact) mass is 396 g/mol. The van der Waals surface area contributed by atoms with Crippen LogP contribution in [0.3, 0.4) is 0 Å². The molecular formula is C21H24N4O2S. The van der Waals surface area contributed by atoms with Crippen molar-refractivity contribution >= 4 is 33.1 Å². The number of rotatable bonds is 4. The zero-order chi connectivity index (χ0) is 19.8. The van der Waals surface area contributed by atoms with Gasteiger partial charge in [-0.2, -0.15) is 0 Å². The molecule has 0 saturated carbocycles. The first kappa shape index (κ1) is 18.8. The van der Waals surface area contributed by atoms with E-state index in [9.17, 15) is 9.59 Å². The SMILES string of the molecule is CC1CCc2c(sc3nnn(CC(=O)Nc4ccccc4C(C)C)c(=O)c23)C1. The molecule has 0 bridgehead atoms. The van der Waals surface area contributed by atoms with Gasteiger partial charge in [0.05, 0.1) is 5.39 Å². The van der Waals surface area contributed by atoms with Gasteiger partial charge in [0.25, 0.3) is 5.56 Å². The highest BCUT2D eigenvalue weighted by molar-refractivity contribution is 7.18. The average Bonchev–Trinajstić information content (AvgIpc) is 3.02. The van der Waals surface area contributed by atoms with Gasteiger partial charge in [-0.3, -0.25) is 9.59 Å². The molecule has 6 nitrogen and oxygen atoms in total. The fourth-order valence-corrected chi connectivity index (χ4v) is 5.15. The minimum Gasteiger partial charge on any atom is -0.324 e. The molecule has 1 aliphatic carbocycles. The predicted molar refractivity (Wildman–Crippen MR) is 112 cm³/mol. The first-order valence-electron chi connectivity index (χ1n) is 9.71. The van der Waals surface area contributed by atoms with E-state index in [1.54, 1.807) is 11.3 Å². The van der Waals surface area contributed by atoms with Crippen molar-refractivity contribution in [3.8, 4) is 0 Å². The first-order chi connectivity index (χ1) is 13.4. The Balaban J connectivity index is 1.61. The van der Waals surface area contributed by atoms with E-state index in [1.165, 1.54) is 9.56 Å². The predicted octanol–water partition coefficient (Wildman–Crippen LogP) is 3.74. The number of nitrogens with one attached hydrogen (secondary N) is 1. The Morgan fingerprint density at radius 2 is 2.14 bits per heavy atom. The minimum atomic E-state index is -0.276. The largest absolute Gasteiger partial charge is 0.324 e. The van der Waals surface area contributed by atoms with E-state index in [2.05, 4.69) is 36.4 Å². The normalized spacial score (nSPS) is 16.4. The Morgan fingerprint density at radius 1 is 1.36 bits per heavy atom. The van der Waals surface area contributed by atoms with Crippen molar-refractivity contribution in [2.75, 3.05) is 5.32 Å². The number of nitrogens with zero attached hydrogens (tertiary/aromatic N) is 3. The van der Waals surface area contributed by atoms with Crippen molar-refractivity contribution in [1.82, 2.24) is 15.0 Å². The smallest absolute Gasteiger partial charge is 0.279 e. The summed E-state index contributed by atoms with van der Waals surface area (Å²) in [6, 6.07) is 7.71. The summed E-state index contributed by atoms with van der Waals surface area (Å²) in [7, 11) is 0. The lowest BCUT2D eigenvalue weighted by molar-refractivity contribution is -0.117. The second kappa shape index (κ2) is 7.47. The number of carbonyl (C=O) groups is 1. The third-order valence-electron chi connectivity index (χ3n) is 5.34. The zero-order valence-corrected chi connectivity index (χ0v) is 17.2. The number of amides is 1. The van der Waals surface area contributed by atoms with Crippen LogP contribution in [-0.2, 0) is 24.2 Å². The molecule has 28 heavy (non-hydrogen) atoms. The number of para-hydroxylation sites is 1. The van der Waals surface area contributed by atoms with Gasteiger partial charge < -0.3 is 5.32 Å². The quantitative estimate of drug-likeness (QED) is 0.729. The molecule has 1 N–H and O–H groups in total. The number of hydrogen-bond donors (Lipinski definition) is 1. The van der Waals surface area contributed by atoms with Crippen LogP contribution in [0.2, 0.25) is 0 Å². The summed E-state index contributed by atoms with van der Waals surface area (Å²) in [4.78, 5) is 27.5. The maximum absolute atomic E-state index is 13.0. The van der Waals surface area contributed by atoms with E-state index in [0.717, 1.165) is 36.1 Å². The van der Waals surface area contributed by atoms with Gasteiger partial charge in [0.2, 0.25) is 5.91 Å². The Labute approximate surface area is 167 Å². The lowest BCUT2D eigenvalue weighted by atomic mass is 9.89. The molecule has 2 heterocycles. The van der Waals surface area contributed by atoms with Crippen LogP contribution in [0.4, 0.5) is 5.69 Å². The standard InChI is InChI=1S/C21H24N4O2S/c1-12(2)14-6-4-5-7-16(14)22-18(26)11-25-21(27)19-15-9-8-13(3)10-17(15)28-20(19)23-24-25/h4-7,12-13H,8-11H2,1-3H3,(H,22,26). The molecule has 3 aromatic rings. The highest BCUT2D eigenvalue weighted by Gasteiger charge is 2.24. The van der Waals surface area contributed by atoms with Crippen LogP contribution in [0, 0.1) is 5.92 Å². The number of aryl methyl sites for hydroxylation is 1. The van der Waals surface area contributed by atoms with E-state index in [0.29, 0.717) is 16.1 Å². The Kier molecular flexibility index (Phi) is 5.02. The van der Waals surface area contributed by atoms with E-state index in [-0.39, 0.29) is 23.9 Å². The minimum absolute atomic E-state index is 0.144. The Hall–Kier alpha value is -2.54. The Bertz CT molecular complexity index is 1100. The molecule has 1 aromatic carbocycles. The average molecular weight is 397 g/mol. The molecule has 0 aliphatic heterocycles. The third kappa shape index (κ3) is 3.46. The van der Waals surface area contributed by atoms with Gasteiger partial charge in [0, 0.05) is 10.6 Å². The Morgan fingerprint density at radius 3 is 2.93 bits per heavy atom. The highest BCUT2D eigenvalue weighted by atomic mass is 32.1. The summed E-state index contributed by atoms with van der Waals surface area (Å²) < 4.78 is 1.18. The first-order valence-corrected chi connectivity index (χ1v) is 10.5. The van der Waals surface area contributed by atoms with Gasteiger partial charge in [-0.05, 0) is 48.3 Å². The van der Waals surface area contributed by atoms with Crippen LogP contribution in [0.15, 0.2) is 29.1 Å². The number of hydrogen-bond acceptors (Lipinski definition) is 5. The van der Waals surface area contributed by atoms with Gasteiger partial charge in [-0.1, -0.05) is 44.2 Å². The van der Waals surface area contributed by atoms with Gasteiger partial charge in [-0.15, -0.1) is 16.4 Å². The summed E-state index contributed by atoms with van der Waals surface area (Å²) in [6.07, 6.45) is 2.96. The van der Waals surface area contributed by atoms with Crippen LogP contribution in [0.5, 0.6) is 0 Å². The van der Waals surface area contributed by atoms with Gasteiger partial charge in [0.15, 0.2) is 4.83 Å². The number of benzene rings is 1. The van der Waals surface area contributed by atoms with Crippen LogP contribution in [-0.4, -0.2) is 20.9 Å². The third-order valence-corrected chi connectivity index (χ3v) is 6.47. The van der Waals surface area contributed by atoms with Crippen LogP contribution in [0.25, 0.3) is 10.2 Å². The van der Waals surface area contributed by atoms with Crippen LogP contribution in [0.1, 0.15) is 49.1 Å². The number of aromatic nitrogens is 3. The van der Waals surface area contributed by atoms with Crippen molar-refractivity contribution in [3.63, 3.8) is 0 Å². The molecule has 1 amide bonds. The summed E-state index contributed by atoms with van der Waals surface area (Å²) in [5, 5.41) is 11.8. The molecule has 0 radical (unpaired) electrons. The summed E-state index contributed by atoms with van der Waals surface area (Å²) in [6.45, 7) is 6.25. The van der Waals surface area contributed by atoms with Crippen molar-refractivity contribution in [2.24, 2.45) is 5.92 Å². The highest BCUT2D eigenvalue weighted by Crippen LogP contribution is 2.35. The topological polar surface area (TPSA) is 76.9 Å². The second-order valence-corrected chi connectivity index (χ2v) is 8.96. The van der Waals surface area contributed by atoms with Crippen molar-refractivity contribution in [3.05, 3.63) is 50.6 Å². The second-order valence-electron chi connectivity index (χ2n) is 7.87. The molecule has 0 spiro atoms. The lowest BCUT2D eigenvalue weighted by Crippen LogP contribution is -2.31. The van der Waals surface area contributed by atoms with E-state index >= 15 is 0 Å². The fraction of sp³-hybridized carbons (Fsp3) is 0.429. The van der Waals surface area contributed by atoms with E-state index in [4.69, 9.17) is 0 Å². The summed E-state index contributed by atoms with van der Waals surface area (Å²) >= 11 is 1.57. The molecule has 4 rings (SSSR count). The number of anilines is 1. The van der Waals surface area contributed by atoms with E-state index in [1.807, 2.05) is 24.3 Å². The van der Waals surface area contributed by atoms with Gasteiger partial charge in [-0.25, -0.2) is 4.68 Å². The maximum atomic E-state index is 13.0. The molecule has 1 atom stereocenters. The number of carbonyl (C=O) groups excluding carboxylic acids is 1.